The maximum atomic E-state index is 12.9. The highest BCUT2D eigenvalue weighted by Crippen LogP contribution is 2.19. The highest BCUT2D eigenvalue weighted by atomic mass is 35.5. The number of primary amides is 1. The van der Waals surface area contributed by atoms with E-state index in [1.807, 2.05) is 0 Å². The van der Waals surface area contributed by atoms with E-state index in [4.69, 9.17) is 17.3 Å². The number of carbonyl (C=O) groups is 2. The van der Waals surface area contributed by atoms with Crippen molar-refractivity contribution in [2.24, 2.45) is 5.73 Å². The molecule has 0 radical (unpaired) electrons. The van der Waals surface area contributed by atoms with Crippen LogP contribution in [0.5, 0.6) is 0 Å². The third-order valence-electron chi connectivity index (χ3n) is 2.03. The number of benzene rings is 1. The number of nitrogens with one attached hydrogen (secondary N) is 1. The van der Waals surface area contributed by atoms with Gasteiger partial charge in [0.25, 0.3) is 5.91 Å². The van der Waals surface area contributed by atoms with E-state index in [0.29, 0.717) is 12.1 Å². The van der Waals surface area contributed by atoms with E-state index in [9.17, 15) is 18.4 Å². The van der Waals surface area contributed by atoms with Crippen LogP contribution in [0.15, 0.2) is 12.1 Å². The summed E-state index contributed by atoms with van der Waals surface area (Å²) in [7, 11) is 0. The zero-order chi connectivity index (χ0) is 13.2. The van der Waals surface area contributed by atoms with Gasteiger partial charge in [0.05, 0.1) is 10.6 Å². The molecule has 1 atom stereocenters. The van der Waals surface area contributed by atoms with Crippen molar-refractivity contribution in [3.63, 3.8) is 0 Å². The van der Waals surface area contributed by atoms with Gasteiger partial charge in [-0.25, -0.2) is 8.78 Å². The van der Waals surface area contributed by atoms with Gasteiger partial charge in [-0.15, -0.1) is 0 Å². The van der Waals surface area contributed by atoms with Gasteiger partial charge in [-0.1, -0.05) is 11.6 Å². The maximum absolute atomic E-state index is 12.9. The topological polar surface area (TPSA) is 72.2 Å². The second-order valence-electron chi connectivity index (χ2n) is 3.34. The molecule has 0 spiro atoms. The summed E-state index contributed by atoms with van der Waals surface area (Å²) in [4.78, 5) is 22.3. The summed E-state index contributed by atoms with van der Waals surface area (Å²) in [6.07, 6.45) is 0. The Morgan fingerprint density at radius 3 is 2.41 bits per heavy atom. The molecule has 0 aliphatic heterocycles. The fourth-order valence-electron chi connectivity index (χ4n) is 1.04. The number of carbonyl (C=O) groups excluding carboxylic acids is 2. The molecule has 0 aliphatic carbocycles. The van der Waals surface area contributed by atoms with Crippen LogP contribution in [-0.2, 0) is 4.79 Å². The number of hydrogen-bond donors (Lipinski definition) is 2. The molecule has 0 fully saturated rings. The zero-order valence-corrected chi connectivity index (χ0v) is 9.52. The second-order valence-corrected chi connectivity index (χ2v) is 3.75. The van der Waals surface area contributed by atoms with E-state index in [-0.39, 0.29) is 10.6 Å². The van der Waals surface area contributed by atoms with Crippen LogP contribution in [0.3, 0.4) is 0 Å². The van der Waals surface area contributed by atoms with E-state index in [0.717, 1.165) is 0 Å². The summed E-state index contributed by atoms with van der Waals surface area (Å²) in [5.41, 5.74) is 4.67. The smallest absolute Gasteiger partial charge is 0.253 e. The van der Waals surface area contributed by atoms with Crippen LogP contribution in [-0.4, -0.2) is 17.9 Å². The Balaban J connectivity index is 2.97. The molecule has 0 heterocycles. The minimum absolute atomic E-state index is 0.252. The molecule has 1 aromatic carbocycles. The molecule has 7 heteroatoms. The van der Waals surface area contributed by atoms with Crippen molar-refractivity contribution in [3.05, 3.63) is 34.4 Å². The first-order valence-corrected chi connectivity index (χ1v) is 4.95. The lowest BCUT2D eigenvalue weighted by molar-refractivity contribution is -0.119. The standard InChI is InChI=1S/C10H9ClF2N2O2/c1-4(9(14)16)15-10(17)5-2-7(12)8(13)3-6(5)11/h2-4H,1H3,(H2,14,16)(H,15,17). The zero-order valence-electron chi connectivity index (χ0n) is 8.76. The Morgan fingerprint density at radius 1 is 1.35 bits per heavy atom. The first-order valence-electron chi connectivity index (χ1n) is 4.57. The SMILES string of the molecule is CC(NC(=O)c1cc(F)c(F)cc1Cl)C(N)=O. The normalized spacial score (nSPS) is 12.0. The van der Waals surface area contributed by atoms with Crippen molar-refractivity contribution in [1.29, 1.82) is 0 Å². The van der Waals surface area contributed by atoms with Crippen LogP contribution in [0, 0.1) is 11.6 Å². The quantitative estimate of drug-likeness (QED) is 0.804. The lowest BCUT2D eigenvalue weighted by atomic mass is 10.2. The van der Waals surface area contributed by atoms with E-state index >= 15 is 0 Å². The van der Waals surface area contributed by atoms with Gasteiger partial charge in [-0.2, -0.15) is 0 Å². The Kier molecular flexibility index (Phi) is 4.01. The van der Waals surface area contributed by atoms with Gasteiger partial charge in [0.2, 0.25) is 5.91 Å². The van der Waals surface area contributed by atoms with Crippen molar-refractivity contribution in [2.45, 2.75) is 13.0 Å². The summed E-state index contributed by atoms with van der Waals surface area (Å²) in [6, 6.07) is 0.397. The van der Waals surface area contributed by atoms with Gasteiger partial charge in [0.1, 0.15) is 6.04 Å². The maximum Gasteiger partial charge on any atom is 0.253 e. The fourth-order valence-corrected chi connectivity index (χ4v) is 1.28. The Labute approximate surface area is 101 Å². The van der Waals surface area contributed by atoms with Gasteiger partial charge >= 0.3 is 0 Å². The van der Waals surface area contributed by atoms with Gasteiger partial charge in [0.15, 0.2) is 11.6 Å². The molecule has 3 N–H and O–H groups in total. The molecule has 0 aliphatic rings. The third-order valence-corrected chi connectivity index (χ3v) is 2.34. The molecule has 0 aromatic heterocycles. The first kappa shape index (κ1) is 13.4. The molecule has 0 saturated heterocycles. The molecule has 92 valence electrons. The predicted octanol–water partition coefficient (Wildman–Crippen LogP) is 1.22. The second kappa shape index (κ2) is 5.09. The molecule has 1 unspecified atom stereocenters. The molecule has 17 heavy (non-hydrogen) atoms. The summed E-state index contributed by atoms with van der Waals surface area (Å²) < 4.78 is 25.7. The largest absolute Gasteiger partial charge is 0.368 e. The summed E-state index contributed by atoms with van der Waals surface area (Å²) >= 11 is 5.58. The van der Waals surface area contributed by atoms with Gasteiger partial charge < -0.3 is 11.1 Å². The number of rotatable bonds is 3. The van der Waals surface area contributed by atoms with Gasteiger partial charge in [-0.3, -0.25) is 9.59 Å². The summed E-state index contributed by atoms with van der Waals surface area (Å²) in [5, 5.41) is 1.94. The summed E-state index contributed by atoms with van der Waals surface area (Å²) in [6.45, 7) is 1.36. The van der Waals surface area contributed by atoms with Crippen LogP contribution >= 0.6 is 11.6 Å². The predicted molar refractivity (Wildman–Crippen MR) is 57.5 cm³/mol. The van der Waals surface area contributed by atoms with Crippen molar-refractivity contribution >= 4 is 23.4 Å². The molecule has 4 nitrogen and oxygen atoms in total. The van der Waals surface area contributed by atoms with Gasteiger partial charge in [-0.05, 0) is 19.1 Å². The number of amides is 2. The van der Waals surface area contributed by atoms with Gasteiger partial charge in [0, 0.05) is 0 Å². The average molecular weight is 263 g/mol. The lowest BCUT2D eigenvalue weighted by Gasteiger charge is -2.11. The molecular formula is C10H9ClF2N2O2. The minimum Gasteiger partial charge on any atom is -0.368 e. The number of nitrogens with two attached hydrogens (primary N) is 1. The highest BCUT2D eigenvalue weighted by Gasteiger charge is 2.18. The number of halogens is 3. The Morgan fingerprint density at radius 2 is 1.88 bits per heavy atom. The molecule has 0 bridgehead atoms. The molecule has 1 aromatic rings. The average Bonchev–Trinajstić information content (AvgIpc) is 2.22. The Bertz CT molecular complexity index is 480. The van der Waals surface area contributed by atoms with E-state index in [1.54, 1.807) is 0 Å². The minimum atomic E-state index is -1.20. The van der Waals surface area contributed by atoms with Crippen molar-refractivity contribution in [3.8, 4) is 0 Å². The first-order chi connectivity index (χ1) is 7.82. The van der Waals surface area contributed by atoms with Crippen LogP contribution in [0.4, 0.5) is 8.78 Å². The van der Waals surface area contributed by atoms with Crippen molar-refractivity contribution in [1.82, 2.24) is 5.32 Å². The van der Waals surface area contributed by atoms with Crippen LogP contribution in [0.25, 0.3) is 0 Å². The monoisotopic (exact) mass is 262 g/mol. The van der Waals surface area contributed by atoms with Crippen LogP contribution < -0.4 is 11.1 Å². The third kappa shape index (κ3) is 3.13. The molecule has 0 saturated carbocycles. The molecule has 2 amide bonds. The Hall–Kier alpha value is -1.69. The lowest BCUT2D eigenvalue weighted by Crippen LogP contribution is -2.42. The van der Waals surface area contributed by atoms with E-state index < -0.39 is 29.5 Å². The number of hydrogen-bond acceptors (Lipinski definition) is 2. The van der Waals surface area contributed by atoms with E-state index in [1.165, 1.54) is 6.92 Å². The fraction of sp³-hybridized carbons (Fsp3) is 0.200. The van der Waals surface area contributed by atoms with Crippen molar-refractivity contribution < 1.29 is 18.4 Å². The molecule has 1 rings (SSSR count). The van der Waals surface area contributed by atoms with Crippen molar-refractivity contribution in [2.75, 3.05) is 0 Å². The summed E-state index contributed by atoms with van der Waals surface area (Å²) in [5.74, 6) is -3.92. The van der Waals surface area contributed by atoms with Crippen LogP contribution in [0.2, 0.25) is 5.02 Å². The van der Waals surface area contributed by atoms with E-state index in [2.05, 4.69) is 5.32 Å². The van der Waals surface area contributed by atoms with Crippen LogP contribution in [0.1, 0.15) is 17.3 Å². The highest BCUT2D eigenvalue weighted by molar-refractivity contribution is 6.33. The molecular weight excluding hydrogens is 254 g/mol.